The number of nitrogens with zero attached hydrogens (tertiary/aromatic N) is 1. The molecule has 0 unspecified atom stereocenters. The Labute approximate surface area is 116 Å². The van der Waals surface area contributed by atoms with Crippen LogP contribution in [-0.2, 0) is 9.53 Å². The van der Waals surface area contributed by atoms with Crippen molar-refractivity contribution in [3.8, 4) is 0 Å². The third kappa shape index (κ3) is 5.09. The summed E-state index contributed by atoms with van der Waals surface area (Å²) in [6.07, 6.45) is 4.65. The highest BCUT2D eigenvalue weighted by atomic mass is 16.5. The smallest absolute Gasteiger partial charge is 0.234 e. The highest BCUT2D eigenvalue weighted by Gasteiger charge is 2.42. The molecule has 0 aromatic carbocycles. The van der Waals surface area contributed by atoms with Crippen molar-refractivity contribution in [1.29, 1.82) is 0 Å². The summed E-state index contributed by atoms with van der Waals surface area (Å²) in [5.41, 5.74) is 0.339. The van der Waals surface area contributed by atoms with E-state index >= 15 is 0 Å². The van der Waals surface area contributed by atoms with Crippen LogP contribution in [-0.4, -0.2) is 63.8 Å². The van der Waals surface area contributed by atoms with E-state index in [1.54, 1.807) is 7.11 Å². The third-order valence-corrected chi connectivity index (χ3v) is 4.25. The fourth-order valence-electron chi connectivity index (χ4n) is 2.62. The average Bonchev–Trinajstić information content (AvgIpc) is 3.20. The molecule has 1 amide bonds. The van der Waals surface area contributed by atoms with Gasteiger partial charge in [-0.2, -0.15) is 0 Å². The first kappa shape index (κ1) is 14.8. The Morgan fingerprint density at radius 2 is 2.21 bits per heavy atom. The molecule has 1 saturated heterocycles. The molecule has 19 heavy (non-hydrogen) atoms. The predicted molar refractivity (Wildman–Crippen MR) is 75.1 cm³/mol. The first-order valence-electron chi connectivity index (χ1n) is 7.43. The molecule has 1 saturated carbocycles. The van der Waals surface area contributed by atoms with E-state index in [1.807, 2.05) is 0 Å². The lowest BCUT2D eigenvalue weighted by atomic mass is 10.0. The SMILES string of the molecule is COCCC1(CNC(=O)CN2CCCNCC2)CC1. The van der Waals surface area contributed by atoms with Gasteiger partial charge in [-0.3, -0.25) is 9.69 Å². The molecule has 2 fully saturated rings. The second kappa shape index (κ2) is 7.22. The number of amides is 1. The van der Waals surface area contributed by atoms with Crippen LogP contribution in [0, 0.1) is 5.41 Å². The molecule has 1 aliphatic carbocycles. The molecule has 0 spiro atoms. The van der Waals surface area contributed by atoms with E-state index in [0.29, 0.717) is 12.0 Å². The number of nitrogens with one attached hydrogen (secondary N) is 2. The molecular formula is C14H27N3O2. The first-order chi connectivity index (χ1) is 9.24. The Morgan fingerprint density at radius 3 is 2.95 bits per heavy atom. The molecule has 5 heteroatoms. The Balaban J connectivity index is 1.64. The minimum atomic E-state index is 0.172. The number of hydrogen-bond donors (Lipinski definition) is 2. The molecule has 1 heterocycles. The van der Waals surface area contributed by atoms with Gasteiger partial charge in [0.15, 0.2) is 0 Å². The molecule has 0 aromatic rings. The molecule has 0 radical (unpaired) electrons. The standard InChI is InChI=1S/C14H27N3O2/c1-19-10-5-14(3-4-14)12-16-13(18)11-17-8-2-6-15-7-9-17/h15H,2-12H2,1H3,(H,16,18). The summed E-state index contributed by atoms with van der Waals surface area (Å²) in [5.74, 6) is 0.172. The van der Waals surface area contributed by atoms with Gasteiger partial charge in [0.2, 0.25) is 5.91 Å². The van der Waals surface area contributed by atoms with Gasteiger partial charge < -0.3 is 15.4 Å². The molecule has 0 aromatic heterocycles. The number of rotatable bonds is 7. The predicted octanol–water partition coefficient (Wildman–Crippen LogP) is 0.215. The summed E-state index contributed by atoms with van der Waals surface area (Å²) in [6, 6.07) is 0. The van der Waals surface area contributed by atoms with Crippen LogP contribution >= 0.6 is 0 Å². The zero-order valence-corrected chi connectivity index (χ0v) is 12.0. The summed E-state index contributed by atoms with van der Waals surface area (Å²) in [4.78, 5) is 14.2. The molecule has 1 aliphatic heterocycles. The summed E-state index contributed by atoms with van der Waals surface area (Å²) >= 11 is 0. The number of carbonyl (C=O) groups excluding carboxylic acids is 1. The van der Waals surface area contributed by atoms with Crippen molar-refractivity contribution in [2.24, 2.45) is 5.41 Å². The lowest BCUT2D eigenvalue weighted by Crippen LogP contribution is -2.40. The largest absolute Gasteiger partial charge is 0.385 e. The molecule has 110 valence electrons. The molecule has 2 N–H and O–H groups in total. The second-order valence-corrected chi connectivity index (χ2v) is 5.90. The van der Waals surface area contributed by atoms with Crippen molar-refractivity contribution < 1.29 is 9.53 Å². The second-order valence-electron chi connectivity index (χ2n) is 5.90. The van der Waals surface area contributed by atoms with E-state index in [-0.39, 0.29) is 5.91 Å². The molecular weight excluding hydrogens is 242 g/mol. The molecule has 2 rings (SSSR count). The van der Waals surface area contributed by atoms with Crippen LogP contribution in [0.3, 0.4) is 0 Å². The monoisotopic (exact) mass is 269 g/mol. The lowest BCUT2D eigenvalue weighted by molar-refractivity contribution is -0.122. The maximum Gasteiger partial charge on any atom is 0.234 e. The van der Waals surface area contributed by atoms with Crippen molar-refractivity contribution in [2.45, 2.75) is 25.7 Å². The molecule has 2 aliphatic rings. The van der Waals surface area contributed by atoms with Gasteiger partial charge in [0.1, 0.15) is 0 Å². The van der Waals surface area contributed by atoms with Gasteiger partial charge >= 0.3 is 0 Å². The van der Waals surface area contributed by atoms with Crippen LogP contribution in [0.2, 0.25) is 0 Å². The maximum atomic E-state index is 12.0. The van der Waals surface area contributed by atoms with Gasteiger partial charge in [-0.25, -0.2) is 0 Å². The average molecular weight is 269 g/mol. The van der Waals surface area contributed by atoms with Crippen molar-refractivity contribution in [3.63, 3.8) is 0 Å². The Bertz CT molecular complexity index is 284. The molecule has 0 atom stereocenters. The van der Waals surface area contributed by atoms with Gasteiger partial charge in [0.05, 0.1) is 6.54 Å². The van der Waals surface area contributed by atoms with E-state index in [0.717, 1.165) is 52.2 Å². The summed E-state index contributed by atoms with van der Waals surface area (Å²) in [6.45, 7) is 6.22. The summed E-state index contributed by atoms with van der Waals surface area (Å²) in [7, 11) is 1.74. The normalized spacial score (nSPS) is 22.8. The summed E-state index contributed by atoms with van der Waals surface area (Å²) in [5, 5.41) is 6.46. The van der Waals surface area contributed by atoms with Crippen molar-refractivity contribution in [2.75, 3.05) is 53.0 Å². The third-order valence-electron chi connectivity index (χ3n) is 4.25. The van der Waals surface area contributed by atoms with Crippen LogP contribution in [0.1, 0.15) is 25.7 Å². The maximum absolute atomic E-state index is 12.0. The highest BCUT2D eigenvalue weighted by molar-refractivity contribution is 5.78. The number of carbonyl (C=O) groups is 1. The van der Waals surface area contributed by atoms with E-state index in [2.05, 4.69) is 15.5 Å². The fourth-order valence-corrected chi connectivity index (χ4v) is 2.62. The van der Waals surface area contributed by atoms with Crippen molar-refractivity contribution >= 4 is 5.91 Å². The number of methoxy groups -OCH3 is 1. The van der Waals surface area contributed by atoms with Gasteiger partial charge in [0, 0.05) is 33.4 Å². The van der Waals surface area contributed by atoms with Crippen LogP contribution < -0.4 is 10.6 Å². The lowest BCUT2D eigenvalue weighted by Gasteiger charge is -2.20. The highest BCUT2D eigenvalue weighted by Crippen LogP contribution is 2.48. The Morgan fingerprint density at radius 1 is 1.37 bits per heavy atom. The van der Waals surface area contributed by atoms with Crippen LogP contribution in [0.4, 0.5) is 0 Å². The summed E-state index contributed by atoms with van der Waals surface area (Å²) < 4.78 is 5.13. The number of ether oxygens (including phenoxy) is 1. The zero-order chi connectivity index (χ0) is 13.6. The minimum absolute atomic E-state index is 0.172. The van der Waals surface area contributed by atoms with Crippen LogP contribution in [0.25, 0.3) is 0 Å². The minimum Gasteiger partial charge on any atom is -0.385 e. The van der Waals surface area contributed by atoms with E-state index in [4.69, 9.17) is 4.74 Å². The van der Waals surface area contributed by atoms with Crippen LogP contribution in [0.5, 0.6) is 0 Å². The molecule has 5 nitrogen and oxygen atoms in total. The van der Waals surface area contributed by atoms with Gasteiger partial charge in [-0.05, 0) is 44.2 Å². The fraction of sp³-hybridized carbons (Fsp3) is 0.929. The Hall–Kier alpha value is -0.650. The van der Waals surface area contributed by atoms with E-state index in [9.17, 15) is 4.79 Å². The topological polar surface area (TPSA) is 53.6 Å². The first-order valence-corrected chi connectivity index (χ1v) is 7.43. The zero-order valence-electron chi connectivity index (χ0n) is 12.0. The molecule has 0 bridgehead atoms. The van der Waals surface area contributed by atoms with Gasteiger partial charge in [0.25, 0.3) is 0 Å². The van der Waals surface area contributed by atoms with Gasteiger partial charge in [-0.15, -0.1) is 0 Å². The van der Waals surface area contributed by atoms with Gasteiger partial charge in [-0.1, -0.05) is 0 Å². The van der Waals surface area contributed by atoms with E-state index in [1.165, 1.54) is 12.8 Å². The van der Waals surface area contributed by atoms with Crippen LogP contribution in [0.15, 0.2) is 0 Å². The quantitative estimate of drug-likeness (QED) is 0.694. The van der Waals surface area contributed by atoms with Crippen molar-refractivity contribution in [3.05, 3.63) is 0 Å². The Kier molecular flexibility index (Phi) is 5.60. The van der Waals surface area contributed by atoms with E-state index < -0.39 is 0 Å². The van der Waals surface area contributed by atoms with Crippen molar-refractivity contribution in [1.82, 2.24) is 15.5 Å². The number of hydrogen-bond acceptors (Lipinski definition) is 4.